The zero-order valence-electron chi connectivity index (χ0n) is 21.0. The first-order valence-electron chi connectivity index (χ1n) is 12.4. The lowest BCUT2D eigenvalue weighted by Gasteiger charge is -2.28. The molecule has 4 heterocycles. The van der Waals surface area contributed by atoms with Crippen LogP contribution in [0.15, 0.2) is 59.9 Å². The topological polar surface area (TPSA) is 166 Å². The van der Waals surface area contributed by atoms with Crippen molar-refractivity contribution in [1.29, 1.82) is 0 Å². The molecule has 39 heavy (non-hydrogen) atoms. The maximum Gasteiger partial charge on any atom is 0.414 e. The average molecular weight is 555 g/mol. The number of fused-ring (bicyclic) bond motifs is 2. The summed E-state index contributed by atoms with van der Waals surface area (Å²) in [5, 5.41) is 14.2. The largest absolute Gasteiger partial charge is 0.619 e. The van der Waals surface area contributed by atoms with Gasteiger partial charge in [0.1, 0.15) is 17.0 Å². The molecule has 5 rings (SSSR count). The summed E-state index contributed by atoms with van der Waals surface area (Å²) in [5.41, 5.74) is 1.16. The predicted octanol–water partition coefficient (Wildman–Crippen LogP) is 0.763. The number of ketones is 1. The Morgan fingerprint density at radius 2 is 2.00 bits per heavy atom. The molecule has 0 radical (unpaired) electrons. The summed E-state index contributed by atoms with van der Waals surface area (Å²) in [5.74, 6) is -0.970. The maximum absolute atomic E-state index is 13.5. The van der Waals surface area contributed by atoms with E-state index in [2.05, 4.69) is 15.3 Å². The summed E-state index contributed by atoms with van der Waals surface area (Å²) in [4.78, 5) is 48.7. The van der Waals surface area contributed by atoms with E-state index in [9.17, 15) is 28.0 Å². The van der Waals surface area contributed by atoms with Crippen molar-refractivity contribution >= 4 is 38.8 Å². The molecule has 0 aliphatic carbocycles. The number of ether oxygens (including phenoxy) is 1. The van der Waals surface area contributed by atoms with Gasteiger partial charge in [-0.2, -0.15) is 9.04 Å². The van der Waals surface area contributed by atoms with Gasteiger partial charge in [-0.15, -0.1) is 0 Å². The summed E-state index contributed by atoms with van der Waals surface area (Å²) in [7, 11) is -4.15. The van der Waals surface area contributed by atoms with E-state index in [-0.39, 0.29) is 30.2 Å². The van der Waals surface area contributed by atoms with Crippen LogP contribution in [0.4, 0.5) is 4.79 Å². The van der Waals surface area contributed by atoms with Crippen LogP contribution in [0.25, 0.3) is 11.0 Å². The Balaban J connectivity index is 1.30. The van der Waals surface area contributed by atoms with Crippen LogP contribution in [0.2, 0.25) is 0 Å². The first-order chi connectivity index (χ1) is 18.7. The molecule has 2 aliphatic rings. The molecule has 1 aromatic carbocycles. The summed E-state index contributed by atoms with van der Waals surface area (Å²) in [6.45, 7) is 1.56. The Morgan fingerprint density at radius 3 is 2.74 bits per heavy atom. The highest BCUT2D eigenvalue weighted by Gasteiger charge is 2.54. The number of amides is 2. The molecule has 0 spiro atoms. The van der Waals surface area contributed by atoms with Crippen LogP contribution in [-0.2, 0) is 19.6 Å². The molecule has 2 fully saturated rings. The highest BCUT2D eigenvalue weighted by atomic mass is 32.2. The summed E-state index contributed by atoms with van der Waals surface area (Å²) in [6, 6.07) is 6.91. The fourth-order valence-electron chi connectivity index (χ4n) is 5.07. The number of rotatable bonds is 7. The quantitative estimate of drug-likeness (QED) is 0.328. The van der Waals surface area contributed by atoms with Crippen LogP contribution in [0, 0.1) is 5.21 Å². The molecule has 14 heteroatoms. The zero-order chi connectivity index (χ0) is 27.7. The number of hydrogen-bond acceptors (Lipinski definition) is 9. The van der Waals surface area contributed by atoms with Crippen molar-refractivity contribution in [2.45, 2.75) is 49.2 Å². The number of para-hydroxylation sites is 2. The Bertz CT molecular complexity index is 1550. The molecular formula is C25H26N6O7S. The predicted molar refractivity (Wildman–Crippen MR) is 136 cm³/mol. The first-order valence-corrected chi connectivity index (χ1v) is 13.9. The van der Waals surface area contributed by atoms with Gasteiger partial charge in [0.05, 0.1) is 29.8 Å². The van der Waals surface area contributed by atoms with Crippen molar-refractivity contribution in [2.24, 2.45) is 0 Å². The molecule has 2 saturated heterocycles. The standard InChI is InChI=1S/C25H26N6O7S/c1-2-6-19(28-25(34)38-22-13-26-17-8-3-4-9-18(17)27-22)24(33)30-12-10-20-23(30)21(32)15-31(20)39(36,37)16-7-5-11-29(35)14-16/h3-5,7-9,11,13-14,19-20,23H,2,6,10,12,15H2,1H3,(H,28,34). The fraction of sp³-hybridized carbons (Fsp3) is 0.360. The number of hydrogen-bond donors (Lipinski definition) is 1. The number of Topliss-reactive ketones (excluding diaryl/α,β-unsaturated/α-hetero) is 1. The number of nitrogens with one attached hydrogen (secondary N) is 1. The molecule has 13 nitrogen and oxygen atoms in total. The first kappa shape index (κ1) is 26.4. The third-order valence-electron chi connectivity index (χ3n) is 6.81. The Labute approximate surface area is 224 Å². The highest BCUT2D eigenvalue weighted by Crippen LogP contribution is 2.34. The number of nitrogens with zero attached hydrogens (tertiary/aromatic N) is 5. The molecule has 2 aliphatic heterocycles. The maximum atomic E-state index is 13.5. The van der Waals surface area contributed by atoms with Gasteiger partial charge in [-0.1, -0.05) is 25.5 Å². The van der Waals surface area contributed by atoms with Gasteiger partial charge < -0.3 is 20.2 Å². The van der Waals surface area contributed by atoms with Crippen LogP contribution in [-0.4, -0.2) is 76.6 Å². The summed E-state index contributed by atoms with van der Waals surface area (Å²) in [6.07, 6.45) is 3.54. The van der Waals surface area contributed by atoms with Crippen molar-refractivity contribution < 1.29 is 32.3 Å². The van der Waals surface area contributed by atoms with Gasteiger partial charge in [0, 0.05) is 12.6 Å². The van der Waals surface area contributed by atoms with E-state index in [1.165, 1.54) is 23.2 Å². The van der Waals surface area contributed by atoms with Gasteiger partial charge in [0.15, 0.2) is 18.2 Å². The van der Waals surface area contributed by atoms with Crippen LogP contribution in [0.3, 0.4) is 0 Å². The van der Waals surface area contributed by atoms with E-state index in [0.717, 1.165) is 16.7 Å². The number of likely N-dealkylation sites (tertiary alicyclic amines) is 1. The van der Waals surface area contributed by atoms with E-state index < -0.39 is 52.5 Å². The van der Waals surface area contributed by atoms with Crippen LogP contribution < -0.4 is 14.8 Å². The smallest absolute Gasteiger partial charge is 0.414 e. The zero-order valence-corrected chi connectivity index (χ0v) is 21.8. The molecule has 0 saturated carbocycles. The fourth-order valence-corrected chi connectivity index (χ4v) is 6.70. The molecule has 204 valence electrons. The summed E-state index contributed by atoms with van der Waals surface area (Å²) < 4.78 is 33.1. The highest BCUT2D eigenvalue weighted by molar-refractivity contribution is 7.89. The molecule has 3 unspecified atom stereocenters. The second kappa shape index (κ2) is 10.5. The van der Waals surface area contributed by atoms with Crippen molar-refractivity contribution in [1.82, 2.24) is 24.5 Å². The number of aromatic nitrogens is 3. The molecular weight excluding hydrogens is 528 g/mol. The number of benzene rings is 1. The van der Waals surface area contributed by atoms with Crippen LogP contribution >= 0.6 is 0 Å². The third-order valence-corrected chi connectivity index (χ3v) is 8.66. The number of carbonyl (C=O) groups is 3. The molecule has 0 bridgehead atoms. The Hall–Kier alpha value is -4.17. The van der Waals surface area contributed by atoms with Crippen LogP contribution in [0.1, 0.15) is 26.2 Å². The van der Waals surface area contributed by atoms with Crippen molar-refractivity contribution in [3.05, 3.63) is 60.2 Å². The minimum absolute atomic E-state index is 0.0396. The molecule has 3 atom stereocenters. The lowest BCUT2D eigenvalue weighted by Crippen LogP contribution is -2.53. The molecule has 2 amide bonds. The van der Waals surface area contributed by atoms with E-state index in [1.54, 1.807) is 24.3 Å². The lowest BCUT2D eigenvalue weighted by atomic mass is 10.1. The second-order valence-corrected chi connectivity index (χ2v) is 11.2. The lowest BCUT2D eigenvalue weighted by molar-refractivity contribution is -0.607. The van der Waals surface area contributed by atoms with Crippen molar-refractivity contribution in [3.8, 4) is 5.88 Å². The molecule has 2 aromatic heterocycles. The van der Waals surface area contributed by atoms with Crippen molar-refractivity contribution in [2.75, 3.05) is 13.1 Å². The monoisotopic (exact) mass is 554 g/mol. The van der Waals surface area contributed by atoms with Gasteiger partial charge in [0.25, 0.3) is 0 Å². The molecule has 3 aromatic rings. The van der Waals surface area contributed by atoms with Crippen LogP contribution in [0.5, 0.6) is 5.88 Å². The molecule has 1 N–H and O–H groups in total. The van der Waals surface area contributed by atoms with Gasteiger partial charge in [-0.05, 0) is 31.0 Å². The number of sulfonamides is 1. The second-order valence-electron chi connectivity index (χ2n) is 9.32. The van der Waals surface area contributed by atoms with Gasteiger partial charge in [-0.3, -0.25) is 9.59 Å². The van der Waals surface area contributed by atoms with Gasteiger partial charge in [-0.25, -0.2) is 23.2 Å². The van der Waals surface area contributed by atoms with E-state index in [0.29, 0.717) is 22.2 Å². The minimum atomic E-state index is -4.15. The SMILES string of the molecule is CCCC(NC(=O)Oc1cnc2ccccc2n1)C(=O)N1CCC2C1C(=O)CN2S(=O)(=O)c1ccc[n+]([O-])c1. The number of carbonyl (C=O) groups excluding carboxylic acids is 3. The van der Waals surface area contributed by atoms with E-state index in [1.807, 2.05) is 6.92 Å². The van der Waals surface area contributed by atoms with Gasteiger partial charge >= 0.3 is 6.09 Å². The normalized spacial score (nSPS) is 20.1. The van der Waals surface area contributed by atoms with E-state index in [4.69, 9.17) is 4.74 Å². The number of pyridine rings is 1. The third kappa shape index (κ3) is 5.12. The average Bonchev–Trinajstić information content (AvgIpc) is 3.49. The Kier molecular flexibility index (Phi) is 7.14. The van der Waals surface area contributed by atoms with E-state index >= 15 is 0 Å². The minimum Gasteiger partial charge on any atom is -0.619 e. The summed E-state index contributed by atoms with van der Waals surface area (Å²) >= 11 is 0. The van der Waals surface area contributed by atoms with Gasteiger partial charge in [0.2, 0.25) is 21.8 Å². The van der Waals surface area contributed by atoms with Crippen molar-refractivity contribution in [3.63, 3.8) is 0 Å². The Morgan fingerprint density at radius 1 is 1.23 bits per heavy atom.